The van der Waals surface area contributed by atoms with Gasteiger partial charge in [-0.05, 0) is 19.1 Å². The van der Waals surface area contributed by atoms with E-state index >= 15 is 0 Å². The van der Waals surface area contributed by atoms with Crippen LogP contribution in [0.5, 0.6) is 0 Å². The molecule has 5 heteroatoms. The van der Waals surface area contributed by atoms with Crippen LogP contribution < -0.4 is 0 Å². The van der Waals surface area contributed by atoms with Gasteiger partial charge in [0.2, 0.25) is 0 Å². The fourth-order valence-corrected chi connectivity index (χ4v) is 2.93. The Bertz CT molecular complexity index is 397. The first-order chi connectivity index (χ1) is 8.26. The minimum atomic E-state index is -0.352. The number of nitrogens with zero attached hydrogens (tertiary/aromatic N) is 2. The van der Waals surface area contributed by atoms with E-state index < -0.39 is 0 Å². The molecule has 1 heterocycles. The molecule has 17 heavy (non-hydrogen) atoms. The molecule has 4 nitrogen and oxygen atoms in total. The quantitative estimate of drug-likeness (QED) is 0.614. The Balaban J connectivity index is 2.25. The van der Waals surface area contributed by atoms with Crippen LogP contribution in [-0.2, 0) is 4.74 Å². The Morgan fingerprint density at radius 1 is 1.47 bits per heavy atom. The molecule has 1 aliphatic carbocycles. The largest absolute Gasteiger partial charge is 0.464 e. The van der Waals surface area contributed by atoms with Crippen molar-refractivity contribution in [1.29, 1.82) is 0 Å². The van der Waals surface area contributed by atoms with Gasteiger partial charge in [0.05, 0.1) is 18.2 Å². The molecular formula is C12H18N2O2S. The average molecular weight is 254 g/mol. The summed E-state index contributed by atoms with van der Waals surface area (Å²) in [5, 5.41) is 5.45. The van der Waals surface area contributed by atoms with E-state index in [1.807, 2.05) is 17.0 Å². The summed E-state index contributed by atoms with van der Waals surface area (Å²) < 4.78 is 6.72. The van der Waals surface area contributed by atoms with Crippen molar-refractivity contribution in [1.82, 2.24) is 9.78 Å². The zero-order valence-corrected chi connectivity index (χ0v) is 11.1. The second-order valence-electron chi connectivity index (χ2n) is 4.30. The van der Waals surface area contributed by atoms with E-state index in [1.165, 1.54) is 26.4 Å². The van der Waals surface area contributed by atoms with Gasteiger partial charge in [-0.3, -0.25) is 4.68 Å². The zero-order chi connectivity index (χ0) is 12.3. The van der Waals surface area contributed by atoms with Crippen LogP contribution in [0.25, 0.3) is 0 Å². The van der Waals surface area contributed by atoms with Crippen molar-refractivity contribution in [2.75, 3.05) is 13.4 Å². The van der Waals surface area contributed by atoms with Crippen LogP contribution >= 0.6 is 11.8 Å². The van der Waals surface area contributed by atoms with Crippen molar-refractivity contribution in [3.8, 4) is 0 Å². The first-order valence-electron chi connectivity index (χ1n) is 5.98. The molecule has 0 radical (unpaired) electrons. The third kappa shape index (κ3) is 2.65. The molecule has 1 fully saturated rings. The molecule has 0 spiro atoms. The molecule has 2 rings (SSSR count). The molecule has 1 aliphatic rings. The number of thioether (sulfide) groups is 1. The molecule has 0 bridgehead atoms. The van der Waals surface area contributed by atoms with Gasteiger partial charge in [-0.25, -0.2) is 4.79 Å². The molecule has 0 N–H and O–H groups in total. The van der Waals surface area contributed by atoms with Crippen LogP contribution in [0.4, 0.5) is 0 Å². The van der Waals surface area contributed by atoms with Gasteiger partial charge in [-0.2, -0.15) is 5.10 Å². The van der Waals surface area contributed by atoms with Gasteiger partial charge in [0, 0.05) is 6.07 Å². The number of rotatable bonds is 3. The molecule has 94 valence electrons. The normalized spacial score (nSPS) is 17.1. The van der Waals surface area contributed by atoms with E-state index in [0.717, 1.165) is 17.9 Å². The highest BCUT2D eigenvalue weighted by atomic mass is 32.2. The van der Waals surface area contributed by atoms with Crippen LogP contribution in [0.1, 0.15) is 48.6 Å². The van der Waals surface area contributed by atoms with Crippen molar-refractivity contribution in [3.05, 3.63) is 11.8 Å². The Hall–Kier alpha value is -0.970. The van der Waals surface area contributed by atoms with Gasteiger partial charge in [0.15, 0.2) is 5.69 Å². The minimum absolute atomic E-state index is 0.352. The fourth-order valence-electron chi connectivity index (χ4n) is 2.32. The van der Waals surface area contributed by atoms with Gasteiger partial charge in [0.25, 0.3) is 0 Å². The molecule has 0 saturated heterocycles. The summed E-state index contributed by atoms with van der Waals surface area (Å²) in [4.78, 5) is 11.5. The summed E-state index contributed by atoms with van der Waals surface area (Å²) >= 11 is 1.63. The highest BCUT2D eigenvalue weighted by molar-refractivity contribution is 7.98. The molecular weight excluding hydrogens is 236 g/mol. The second-order valence-corrected chi connectivity index (χ2v) is 5.13. The summed E-state index contributed by atoms with van der Waals surface area (Å²) in [6.45, 7) is 0. The van der Waals surface area contributed by atoms with Crippen molar-refractivity contribution < 1.29 is 9.53 Å². The summed E-state index contributed by atoms with van der Waals surface area (Å²) in [5.74, 6) is -0.352. The summed E-state index contributed by atoms with van der Waals surface area (Å²) in [5.41, 5.74) is 0.419. The minimum Gasteiger partial charge on any atom is -0.464 e. The number of hydrogen-bond donors (Lipinski definition) is 0. The first-order valence-corrected chi connectivity index (χ1v) is 7.20. The maximum absolute atomic E-state index is 11.5. The summed E-state index contributed by atoms with van der Waals surface area (Å²) in [7, 11) is 1.39. The Morgan fingerprint density at radius 2 is 2.18 bits per heavy atom. The van der Waals surface area contributed by atoms with E-state index in [0.29, 0.717) is 11.7 Å². The Labute approximate surface area is 106 Å². The number of aromatic nitrogens is 2. The van der Waals surface area contributed by atoms with Crippen LogP contribution in [0.3, 0.4) is 0 Å². The SMILES string of the molecule is COC(=O)c1cc(SC)n(C2CCCCC2)n1. The molecule has 0 unspecified atom stereocenters. The average Bonchev–Trinajstić information content (AvgIpc) is 2.83. The molecule has 0 aliphatic heterocycles. The third-order valence-corrected chi connectivity index (χ3v) is 3.95. The zero-order valence-electron chi connectivity index (χ0n) is 10.3. The van der Waals surface area contributed by atoms with Gasteiger partial charge in [-0.1, -0.05) is 19.3 Å². The van der Waals surface area contributed by atoms with Gasteiger partial charge in [0.1, 0.15) is 0 Å². The predicted molar refractivity (Wildman–Crippen MR) is 67.5 cm³/mol. The summed E-state index contributed by atoms with van der Waals surface area (Å²) in [6, 6.07) is 2.27. The van der Waals surface area contributed by atoms with Gasteiger partial charge >= 0.3 is 5.97 Å². The number of esters is 1. The number of ether oxygens (including phenoxy) is 1. The highest BCUT2D eigenvalue weighted by Gasteiger charge is 2.21. The maximum atomic E-state index is 11.5. The molecule has 1 saturated carbocycles. The molecule has 0 aromatic carbocycles. The lowest BCUT2D eigenvalue weighted by molar-refractivity contribution is 0.0592. The monoisotopic (exact) mass is 254 g/mol. The highest BCUT2D eigenvalue weighted by Crippen LogP contribution is 2.31. The van der Waals surface area contributed by atoms with E-state index in [1.54, 1.807) is 11.8 Å². The van der Waals surface area contributed by atoms with Crippen LogP contribution in [0.15, 0.2) is 11.1 Å². The molecule has 1 aromatic rings. The van der Waals surface area contributed by atoms with E-state index in [4.69, 9.17) is 4.74 Å². The first kappa shape index (κ1) is 12.5. The number of methoxy groups -OCH3 is 1. The number of carbonyl (C=O) groups excluding carboxylic acids is 1. The lowest BCUT2D eigenvalue weighted by atomic mass is 9.96. The third-order valence-electron chi connectivity index (χ3n) is 3.23. The van der Waals surface area contributed by atoms with Crippen molar-refractivity contribution in [3.63, 3.8) is 0 Å². The van der Waals surface area contributed by atoms with E-state index in [9.17, 15) is 4.79 Å². The lowest BCUT2D eigenvalue weighted by Crippen LogP contribution is -2.15. The maximum Gasteiger partial charge on any atom is 0.358 e. The van der Waals surface area contributed by atoms with Crippen LogP contribution in [0.2, 0.25) is 0 Å². The van der Waals surface area contributed by atoms with Crippen molar-refractivity contribution in [2.45, 2.75) is 43.2 Å². The van der Waals surface area contributed by atoms with Crippen LogP contribution in [-0.4, -0.2) is 29.1 Å². The standard InChI is InChI=1S/C12H18N2O2S/c1-16-12(15)10-8-11(17-2)14(13-10)9-6-4-3-5-7-9/h8-9H,3-7H2,1-2H3. The van der Waals surface area contributed by atoms with Crippen molar-refractivity contribution in [2.24, 2.45) is 0 Å². The predicted octanol–water partition coefficient (Wildman–Crippen LogP) is 2.90. The number of carbonyl (C=O) groups is 1. The fraction of sp³-hybridized carbons (Fsp3) is 0.667. The Kier molecular flexibility index (Phi) is 4.10. The summed E-state index contributed by atoms with van der Waals surface area (Å²) in [6.07, 6.45) is 8.16. The molecule has 1 aromatic heterocycles. The van der Waals surface area contributed by atoms with Gasteiger partial charge in [-0.15, -0.1) is 11.8 Å². The van der Waals surface area contributed by atoms with Gasteiger partial charge < -0.3 is 4.74 Å². The van der Waals surface area contributed by atoms with E-state index in [-0.39, 0.29) is 5.97 Å². The Morgan fingerprint density at radius 3 is 2.76 bits per heavy atom. The van der Waals surface area contributed by atoms with Crippen molar-refractivity contribution >= 4 is 17.7 Å². The van der Waals surface area contributed by atoms with Crippen LogP contribution in [0, 0.1) is 0 Å². The second kappa shape index (κ2) is 5.58. The smallest absolute Gasteiger partial charge is 0.358 e. The molecule has 0 atom stereocenters. The number of hydrogen-bond acceptors (Lipinski definition) is 4. The molecule has 0 amide bonds. The lowest BCUT2D eigenvalue weighted by Gasteiger charge is -2.23. The van der Waals surface area contributed by atoms with E-state index in [2.05, 4.69) is 5.10 Å². The topological polar surface area (TPSA) is 44.1 Å².